The number of amides is 2. The number of nitrogens with two attached hydrogens (primary N) is 2. The molecule has 2 aromatic carbocycles. The van der Waals surface area contributed by atoms with E-state index in [-0.39, 0.29) is 41.4 Å². The average Bonchev–Trinajstić information content (AvgIpc) is 3.17. The van der Waals surface area contributed by atoms with Gasteiger partial charge in [-0.3, -0.25) is 9.59 Å². The molecule has 1 aromatic heterocycles. The number of hydrogen-bond acceptors (Lipinski definition) is 5. The summed E-state index contributed by atoms with van der Waals surface area (Å²) >= 11 is 0. The molecule has 1 saturated carbocycles. The number of nitrogen functional groups attached to an aromatic ring is 1. The first-order valence-corrected chi connectivity index (χ1v) is 11.2. The summed E-state index contributed by atoms with van der Waals surface area (Å²) in [6.07, 6.45) is 2.50. The third-order valence-electron chi connectivity index (χ3n) is 6.35. The zero-order chi connectivity index (χ0) is 24.4. The molecule has 8 nitrogen and oxygen atoms in total. The Morgan fingerprint density at radius 3 is 2.47 bits per heavy atom. The highest BCUT2D eigenvalue weighted by Gasteiger charge is 2.29. The molecule has 1 fully saturated rings. The van der Waals surface area contributed by atoms with Crippen LogP contribution in [0, 0.1) is 12.7 Å². The van der Waals surface area contributed by atoms with E-state index in [1.54, 1.807) is 37.3 Å². The van der Waals surface area contributed by atoms with Crippen molar-refractivity contribution in [2.24, 2.45) is 5.73 Å². The first-order chi connectivity index (χ1) is 16.2. The van der Waals surface area contributed by atoms with Gasteiger partial charge in [0.15, 0.2) is 5.69 Å². The Bertz CT molecular complexity index is 1210. The highest BCUT2D eigenvalue weighted by molar-refractivity contribution is 5.97. The van der Waals surface area contributed by atoms with E-state index in [1.165, 1.54) is 16.8 Å². The fourth-order valence-corrected chi connectivity index (χ4v) is 4.39. The summed E-state index contributed by atoms with van der Waals surface area (Å²) in [4.78, 5) is 24.6. The van der Waals surface area contributed by atoms with E-state index in [1.807, 2.05) is 0 Å². The molecule has 3 aromatic rings. The van der Waals surface area contributed by atoms with Gasteiger partial charge in [-0.15, -0.1) is 0 Å². The lowest BCUT2D eigenvalue weighted by molar-refractivity contribution is 0.0948. The highest BCUT2D eigenvalue weighted by atomic mass is 19.1. The van der Waals surface area contributed by atoms with Crippen LogP contribution in [0.3, 0.4) is 0 Å². The van der Waals surface area contributed by atoms with Crippen LogP contribution in [-0.2, 0) is 6.54 Å². The zero-order valence-corrected chi connectivity index (χ0v) is 18.9. The summed E-state index contributed by atoms with van der Waals surface area (Å²) in [5.41, 5.74) is 15.3. The van der Waals surface area contributed by atoms with Crippen molar-refractivity contribution in [1.29, 1.82) is 0 Å². The van der Waals surface area contributed by atoms with Crippen molar-refractivity contribution >= 4 is 17.5 Å². The van der Waals surface area contributed by atoms with Crippen LogP contribution in [-0.4, -0.2) is 32.8 Å². The van der Waals surface area contributed by atoms with Crippen molar-refractivity contribution in [3.05, 3.63) is 76.4 Å². The van der Waals surface area contributed by atoms with Gasteiger partial charge in [0.25, 0.3) is 11.8 Å². The third-order valence-corrected chi connectivity index (χ3v) is 6.35. The van der Waals surface area contributed by atoms with Gasteiger partial charge in [-0.25, -0.2) is 9.07 Å². The molecule has 1 aliphatic carbocycles. The number of aliphatic hydroxyl groups excluding tert-OH is 1. The Kier molecular flexibility index (Phi) is 6.65. The topological polar surface area (TPSA) is 136 Å². The minimum Gasteiger partial charge on any atom is -0.395 e. The number of aromatic nitrogens is 2. The van der Waals surface area contributed by atoms with Gasteiger partial charge in [0.2, 0.25) is 0 Å². The van der Waals surface area contributed by atoms with Crippen LogP contribution in [0.4, 0.5) is 10.1 Å². The zero-order valence-electron chi connectivity index (χ0n) is 18.9. The summed E-state index contributed by atoms with van der Waals surface area (Å²) in [6, 6.07) is 11.2. The van der Waals surface area contributed by atoms with E-state index >= 15 is 0 Å². The van der Waals surface area contributed by atoms with Crippen LogP contribution in [0.25, 0.3) is 5.69 Å². The molecule has 2 amide bonds. The number of hydrogen-bond donors (Lipinski definition) is 4. The molecular formula is C25H28FN5O3. The molecule has 34 heavy (non-hydrogen) atoms. The Morgan fingerprint density at radius 1 is 1.15 bits per heavy atom. The predicted octanol–water partition coefficient (Wildman–Crippen LogP) is 2.95. The van der Waals surface area contributed by atoms with Gasteiger partial charge in [0.05, 0.1) is 23.2 Å². The van der Waals surface area contributed by atoms with Crippen LogP contribution in [0.15, 0.2) is 42.5 Å². The number of nitrogens with zero attached hydrogens (tertiary/aromatic N) is 2. The lowest BCUT2D eigenvalue weighted by Crippen LogP contribution is -2.23. The summed E-state index contributed by atoms with van der Waals surface area (Å²) in [5.74, 6) is -1.44. The van der Waals surface area contributed by atoms with E-state index in [0.717, 1.165) is 18.4 Å². The van der Waals surface area contributed by atoms with Crippen molar-refractivity contribution < 1.29 is 19.1 Å². The normalized spacial score (nSPS) is 18.0. The fourth-order valence-electron chi connectivity index (χ4n) is 4.39. The maximum Gasteiger partial charge on any atom is 0.269 e. The number of nitrogens with one attached hydrogen (secondary N) is 1. The van der Waals surface area contributed by atoms with Crippen molar-refractivity contribution in [2.45, 2.75) is 51.2 Å². The van der Waals surface area contributed by atoms with Crippen LogP contribution >= 0.6 is 0 Å². The van der Waals surface area contributed by atoms with Gasteiger partial charge in [-0.2, -0.15) is 5.10 Å². The molecule has 0 spiro atoms. The maximum absolute atomic E-state index is 13.5. The average molecular weight is 466 g/mol. The lowest BCUT2D eigenvalue weighted by atomic mass is 9.85. The third kappa shape index (κ3) is 4.79. The standard InChI is InChI=1S/C25H28FN5O3/c1-14-2-7-17(26)12-20(14)25(34)29-13-15-3-8-18(9-4-15)31-23(24(28)33)21(27)22(30-31)16-5-10-19(32)11-6-16/h2-4,7-9,12,16,19,32H,5-6,10-11,13,27H2,1H3,(H2,28,33)(H,29,34). The van der Waals surface area contributed by atoms with Gasteiger partial charge in [-0.05, 0) is 68.0 Å². The molecule has 0 saturated heterocycles. The number of halogens is 1. The van der Waals surface area contributed by atoms with Crippen LogP contribution in [0.1, 0.15) is 69.3 Å². The summed E-state index contributed by atoms with van der Waals surface area (Å²) in [5, 5.41) is 17.2. The van der Waals surface area contributed by atoms with E-state index in [2.05, 4.69) is 10.4 Å². The van der Waals surface area contributed by atoms with Gasteiger partial charge < -0.3 is 21.9 Å². The number of aliphatic hydroxyl groups is 1. The smallest absolute Gasteiger partial charge is 0.269 e. The molecule has 4 rings (SSSR count). The van der Waals surface area contributed by atoms with E-state index in [9.17, 15) is 19.1 Å². The molecule has 0 unspecified atom stereocenters. The fraction of sp³-hybridized carbons (Fsp3) is 0.320. The molecule has 0 bridgehead atoms. The van der Waals surface area contributed by atoms with Gasteiger partial charge in [0.1, 0.15) is 5.82 Å². The van der Waals surface area contributed by atoms with E-state index in [0.29, 0.717) is 29.8 Å². The molecule has 0 radical (unpaired) electrons. The molecule has 6 N–H and O–H groups in total. The van der Waals surface area contributed by atoms with E-state index < -0.39 is 11.7 Å². The number of primary amides is 1. The van der Waals surface area contributed by atoms with Crippen LogP contribution in [0.5, 0.6) is 0 Å². The molecule has 1 aliphatic rings. The monoisotopic (exact) mass is 465 g/mol. The Balaban J connectivity index is 1.52. The number of benzene rings is 2. The summed E-state index contributed by atoms with van der Waals surface area (Å²) < 4.78 is 14.9. The predicted molar refractivity (Wildman–Crippen MR) is 126 cm³/mol. The molecule has 0 atom stereocenters. The number of anilines is 1. The lowest BCUT2D eigenvalue weighted by Gasteiger charge is -2.24. The van der Waals surface area contributed by atoms with Crippen molar-refractivity contribution in [3.63, 3.8) is 0 Å². The van der Waals surface area contributed by atoms with Crippen molar-refractivity contribution in [1.82, 2.24) is 15.1 Å². The highest BCUT2D eigenvalue weighted by Crippen LogP contribution is 2.36. The van der Waals surface area contributed by atoms with Gasteiger partial charge in [-0.1, -0.05) is 18.2 Å². The number of rotatable bonds is 6. The van der Waals surface area contributed by atoms with Crippen molar-refractivity contribution in [2.75, 3.05) is 5.73 Å². The molecule has 178 valence electrons. The van der Waals surface area contributed by atoms with Crippen LogP contribution in [0.2, 0.25) is 0 Å². The van der Waals surface area contributed by atoms with E-state index in [4.69, 9.17) is 11.5 Å². The SMILES string of the molecule is Cc1ccc(F)cc1C(=O)NCc1ccc(-n2nc(C3CCC(O)CC3)c(N)c2C(N)=O)cc1. The quantitative estimate of drug-likeness (QED) is 0.444. The number of carbonyl (C=O) groups excluding carboxylic acids is 2. The first kappa shape index (κ1) is 23.4. The first-order valence-electron chi connectivity index (χ1n) is 11.2. The van der Waals surface area contributed by atoms with Crippen molar-refractivity contribution in [3.8, 4) is 5.69 Å². The Morgan fingerprint density at radius 2 is 1.82 bits per heavy atom. The number of aryl methyl sites for hydroxylation is 1. The second-order valence-corrected chi connectivity index (χ2v) is 8.74. The number of carbonyl (C=O) groups is 2. The Labute approximate surface area is 196 Å². The largest absolute Gasteiger partial charge is 0.395 e. The molecule has 1 heterocycles. The second-order valence-electron chi connectivity index (χ2n) is 8.74. The Hall–Kier alpha value is -3.72. The molecule has 9 heteroatoms. The summed E-state index contributed by atoms with van der Waals surface area (Å²) in [6.45, 7) is 1.99. The van der Waals surface area contributed by atoms with Crippen LogP contribution < -0.4 is 16.8 Å². The minimum atomic E-state index is -0.672. The molecular weight excluding hydrogens is 437 g/mol. The maximum atomic E-state index is 13.5. The second kappa shape index (κ2) is 9.64. The molecule has 0 aliphatic heterocycles. The summed E-state index contributed by atoms with van der Waals surface area (Å²) in [7, 11) is 0. The minimum absolute atomic E-state index is 0.0588. The van der Waals surface area contributed by atoms with Gasteiger partial charge >= 0.3 is 0 Å². The van der Waals surface area contributed by atoms with Gasteiger partial charge in [0, 0.05) is 18.0 Å².